The predicted octanol–water partition coefficient (Wildman–Crippen LogP) is 1.64. The highest BCUT2D eigenvalue weighted by Gasteiger charge is 2.21. The van der Waals surface area contributed by atoms with Crippen molar-refractivity contribution in [3.63, 3.8) is 0 Å². The molecule has 0 radical (unpaired) electrons. The van der Waals surface area contributed by atoms with Crippen molar-refractivity contribution in [2.45, 2.75) is 18.4 Å². The highest BCUT2D eigenvalue weighted by Crippen LogP contribution is 2.29. The predicted molar refractivity (Wildman–Crippen MR) is 83.4 cm³/mol. The average Bonchev–Trinajstić information content (AvgIpc) is 2.82. The highest BCUT2D eigenvalue weighted by molar-refractivity contribution is 7.89. The van der Waals surface area contributed by atoms with Crippen LogP contribution in [0.15, 0.2) is 28.5 Å². The molecule has 2 N–H and O–H groups in total. The maximum absolute atomic E-state index is 11.7. The van der Waals surface area contributed by atoms with Crippen molar-refractivity contribution in [2.75, 3.05) is 11.9 Å². The van der Waals surface area contributed by atoms with Crippen LogP contribution < -0.4 is 10.0 Å². The Morgan fingerprint density at radius 1 is 1.45 bits per heavy atom. The van der Waals surface area contributed by atoms with Crippen molar-refractivity contribution < 1.29 is 13.3 Å². The molecule has 0 aliphatic rings. The Morgan fingerprint density at radius 3 is 2.64 bits per heavy atom. The van der Waals surface area contributed by atoms with E-state index in [1.165, 1.54) is 23.5 Å². The first-order chi connectivity index (χ1) is 10.2. The van der Waals surface area contributed by atoms with Crippen LogP contribution in [0.2, 0.25) is 0 Å². The van der Waals surface area contributed by atoms with Gasteiger partial charge in [-0.3, -0.25) is 10.1 Å². The van der Waals surface area contributed by atoms with Gasteiger partial charge in [-0.1, -0.05) is 0 Å². The number of aromatic nitrogens is 1. The molecule has 0 atom stereocenters. The van der Waals surface area contributed by atoms with Crippen LogP contribution in [0.4, 0.5) is 11.4 Å². The summed E-state index contributed by atoms with van der Waals surface area (Å²) in [4.78, 5) is 15.8. The lowest BCUT2D eigenvalue weighted by Crippen LogP contribution is -2.22. The third-order valence-electron chi connectivity index (χ3n) is 2.94. The zero-order valence-electron chi connectivity index (χ0n) is 11.9. The zero-order valence-corrected chi connectivity index (χ0v) is 13.5. The first kappa shape index (κ1) is 16.3. The topological polar surface area (TPSA) is 119 Å². The van der Waals surface area contributed by atoms with Gasteiger partial charge in [-0.15, -0.1) is 11.3 Å². The summed E-state index contributed by atoms with van der Waals surface area (Å²) in [6, 6.07) is 3.58. The van der Waals surface area contributed by atoms with Crippen molar-refractivity contribution in [1.82, 2.24) is 4.98 Å². The number of hydrogen-bond donors (Lipinski definition) is 1. The van der Waals surface area contributed by atoms with Gasteiger partial charge in [0.1, 0.15) is 4.90 Å². The number of rotatable bonds is 5. The van der Waals surface area contributed by atoms with E-state index in [2.05, 4.69) is 4.98 Å². The number of nitrogens with zero attached hydrogens (tertiary/aromatic N) is 3. The fraction of sp³-hybridized carbons (Fsp3) is 0.250. The Labute approximate surface area is 131 Å². The van der Waals surface area contributed by atoms with Crippen molar-refractivity contribution in [2.24, 2.45) is 5.14 Å². The van der Waals surface area contributed by atoms with Gasteiger partial charge in [0.05, 0.1) is 27.9 Å². The summed E-state index contributed by atoms with van der Waals surface area (Å²) in [5, 5.41) is 18.7. The van der Waals surface area contributed by atoms with Gasteiger partial charge in [0.2, 0.25) is 10.0 Å². The van der Waals surface area contributed by atoms with E-state index in [1.807, 2.05) is 12.3 Å². The monoisotopic (exact) mass is 342 g/mol. The van der Waals surface area contributed by atoms with E-state index < -0.39 is 14.9 Å². The standard InChI is InChI=1S/C12H14N4O4S2/c1-8-14-9(7-21-8)6-15(2)11-4-3-10(16(17)18)5-12(11)22(13,19)20/h3-5,7H,6H2,1-2H3,(H2,13,19,20). The Hall–Kier alpha value is -2.04. The molecule has 0 aliphatic heterocycles. The molecule has 0 unspecified atom stereocenters. The van der Waals surface area contributed by atoms with Gasteiger partial charge in [-0.25, -0.2) is 18.5 Å². The van der Waals surface area contributed by atoms with Crippen LogP contribution in [0, 0.1) is 17.0 Å². The van der Waals surface area contributed by atoms with Crippen molar-refractivity contribution in [3.8, 4) is 0 Å². The number of thiazole rings is 1. The molecule has 1 aromatic heterocycles. The number of aryl methyl sites for hydroxylation is 1. The van der Waals surface area contributed by atoms with Gasteiger partial charge in [0.25, 0.3) is 5.69 Å². The smallest absolute Gasteiger partial charge is 0.270 e. The molecule has 0 spiro atoms. The van der Waals surface area contributed by atoms with Crippen LogP contribution in [0.1, 0.15) is 10.7 Å². The lowest BCUT2D eigenvalue weighted by atomic mass is 10.2. The van der Waals surface area contributed by atoms with Crippen LogP contribution in [0.5, 0.6) is 0 Å². The van der Waals surface area contributed by atoms with E-state index in [-0.39, 0.29) is 10.6 Å². The first-order valence-corrected chi connectivity index (χ1v) is 8.54. The summed E-state index contributed by atoms with van der Waals surface area (Å²) < 4.78 is 23.4. The molecular weight excluding hydrogens is 328 g/mol. The second kappa shape index (κ2) is 5.99. The summed E-state index contributed by atoms with van der Waals surface area (Å²) in [7, 11) is -2.41. The minimum Gasteiger partial charge on any atom is -0.368 e. The molecule has 0 amide bonds. The summed E-state index contributed by atoms with van der Waals surface area (Å²) in [5.41, 5.74) is 0.744. The van der Waals surface area contributed by atoms with E-state index in [4.69, 9.17) is 5.14 Å². The molecule has 1 heterocycles. The summed E-state index contributed by atoms with van der Waals surface area (Å²) in [5.74, 6) is 0. The summed E-state index contributed by atoms with van der Waals surface area (Å²) in [6.07, 6.45) is 0. The first-order valence-electron chi connectivity index (χ1n) is 6.12. The van der Waals surface area contributed by atoms with Crippen LogP contribution in [0.25, 0.3) is 0 Å². The third-order valence-corrected chi connectivity index (χ3v) is 4.70. The molecule has 1 aromatic carbocycles. The van der Waals surface area contributed by atoms with Crippen molar-refractivity contribution in [3.05, 3.63) is 44.4 Å². The number of anilines is 1. The van der Waals surface area contributed by atoms with Crippen LogP contribution in [-0.4, -0.2) is 25.4 Å². The van der Waals surface area contributed by atoms with Crippen LogP contribution in [-0.2, 0) is 16.6 Å². The molecule has 8 nitrogen and oxygen atoms in total. The van der Waals surface area contributed by atoms with E-state index in [1.54, 1.807) is 11.9 Å². The minimum absolute atomic E-state index is 0.281. The largest absolute Gasteiger partial charge is 0.368 e. The summed E-state index contributed by atoms with van der Waals surface area (Å²) >= 11 is 1.49. The van der Waals surface area contributed by atoms with E-state index >= 15 is 0 Å². The van der Waals surface area contributed by atoms with E-state index in [0.29, 0.717) is 12.2 Å². The van der Waals surface area contributed by atoms with Gasteiger partial charge < -0.3 is 4.90 Å². The molecule has 10 heteroatoms. The number of benzene rings is 1. The molecule has 0 saturated carbocycles. The number of hydrogen-bond acceptors (Lipinski definition) is 7. The third kappa shape index (κ3) is 3.59. The Morgan fingerprint density at radius 2 is 2.14 bits per heavy atom. The fourth-order valence-corrected chi connectivity index (χ4v) is 3.37. The Kier molecular flexibility index (Phi) is 4.44. The van der Waals surface area contributed by atoms with Gasteiger partial charge in [0, 0.05) is 24.6 Å². The average molecular weight is 342 g/mol. The molecule has 22 heavy (non-hydrogen) atoms. The normalized spacial score (nSPS) is 11.4. The molecule has 0 aliphatic carbocycles. The number of sulfonamides is 1. The van der Waals surface area contributed by atoms with Gasteiger partial charge in [-0.2, -0.15) is 0 Å². The SMILES string of the molecule is Cc1nc(CN(C)c2ccc([N+](=O)[O-])cc2S(N)(=O)=O)cs1. The van der Waals surface area contributed by atoms with Gasteiger partial charge in [-0.05, 0) is 13.0 Å². The molecule has 0 fully saturated rings. The van der Waals surface area contributed by atoms with Crippen LogP contribution >= 0.6 is 11.3 Å². The van der Waals surface area contributed by atoms with E-state index in [0.717, 1.165) is 16.8 Å². The number of nitrogens with two attached hydrogens (primary N) is 1. The molecule has 0 saturated heterocycles. The van der Waals surface area contributed by atoms with E-state index in [9.17, 15) is 18.5 Å². The quantitative estimate of drug-likeness (QED) is 0.651. The van der Waals surface area contributed by atoms with Crippen LogP contribution in [0.3, 0.4) is 0 Å². The Balaban J connectivity index is 2.43. The zero-order chi connectivity index (χ0) is 16.5. The molecular formula is C12H14N4O4S2. The van der Waals surface area contributed by atoms with Crippen molar-refractivity contribution >= 4 is 32.7 Å². The molecule has 118 valence electrons. The summed E-state index contributed by atoms with van der Waals surface area (Å²) in [6.45, 7) is 2.24. The fourth-order valence-electron chi connectivity index (χ4n) is 1.97. The van der Waals surface area contributed by atoms with Crippen molar-refractivity contribution in [1.29, 1.82) is 0 Å². The highest BCUT2D eigenvalue weighted by atomic mass is 32.2. The lowest BCUT2D eigenvalue weighted by Gasteiger charge is -2.20. The van der Waals surface area contributed by atoms with Gasteiger partial charge in [0.15, 0.2) is 0 Å². The second-order valence-corrected chi connectivity index (χ2v) is 7.26. The number of non-ortho nitro benzene ring substituents is 1. The lowest BCUT2D eigenvalue weighted by molar-refractivity contribution is -0.385. The Bertz CT molecular complexity index is 816. The molecule has 2 aromatic rings. The van der Waals surface area contributed by atoms with Gasteiger partial charge >= 0.3 is 0 Å². The number of nitro groups is 1. The minimum atomic E-state index is -4.09. The second-order valence-electron chi connectivity index (χ2n) is 4.67. The number of primary sulfonamides is 1. The molecule has 0 bridgehead atoms. The maximum atomic E-state index is 11.7. The molecule has 2 rings (SSSR count). The maximum Gasteiger partial charge on any atom is 0.270 e. The number of nitro benzene ring substituents is 1.